The molecule has 7 rings (SSSR count). The van der Waals surface area contributed by atoms with Crippen LogP contribution in [0.25, 0.3) is 0 Å². The summed E-state index contributed by atoms with van der Waals surface area (Å²) in [6.45, 7) is 6.24. The zero-order valence-corrected chi connectivity index (χ0v) is 26.7. The predicted octanol–water partition coefficient (Wildman–Crippen LogP) is 4.12. The van der Waals surface area contributed by atoms with Gasteiger partial charge in [0.25, 0.3) is 11.8 Å². The minimum absolute atomic E-state index is 0.00709. The van der Waals surface area contributed by atoms with Gasteiger partial charge in [-0.3, -0.25) is 19.2 Å². The SMILES string of the molecule is C[C@@H]1[C@@H](C(C)(C)O)[C@H](CCn2cc(CCO)nn2)O[C@@]12C(=O)N(Cc1cccc(N3C(=O)COc4ccccc43)c1)c1ccccc12. The smallest absolute Gasteiger partial charge is 0.269 e. The van der Waals surface area contributed by atoms with E-state index in [1.54, 1.807) is 34.5 Å². The molecule has 0 radical (unpaired) electrons. The molecule has 2 N–H and O–H groups in total. The third-order valence-corrected chi connectivity index (χ3v) is 9.70. The van der Waals surface area contributed by atoms with Crippen molar-refractivity contribution in [3.8, 4) is 5.75 Å². The largest absolute Gasteiger partial charge is 0.482 e. The van der Waals surface area contributed by atoms with Gasteiger partial charge in [-0.05, 0) is 56.2 Å². The molecule has 1 spiro atoms. The second kappa shape index (κ2) is 11.9. The first kappa shape index (κ1) is 31.0. The van der Waals surface area contributed by atoms with Crippen molar-refractivity contribution in [2.75, 3.05) is 23.0 Å². The summed E-state index contributed by atoms with van der Waals surface area (Å²) in [5.41, 5.74) is 2.06. The van der Waals surface area contributed by atoms with Crippen LogP contribution in [0.2, 0.25) is 0 Å². The molecule has 0 saturated carbocycles. The van der Waals surface area contributed by atoms with E-state index in [2.05, 4.69) is 10.3 Å². The fourth-order valence-electron chi connectivity index (χ4n) is 7.76. The van der Waals surface area contributed by atoms with Gasteiger partial charge in [-0.1, -0.05) is 54.6 Å². The minimum Gasteiger partial charge on any atom is -0.482 e. The molecule has 4 heterocycles. The molecule has 2 amide bonds. The Labute approximate surface area is 273 Å². The summed E-state index contributed by atoms with van der Waals surface area (Å²) in [5, 5.41) is 29.0. The standard InChI is InChI=1S/C36H39N5O6/c1-23-33(35(2,3)45)31(15-17-39-21-25(16-18-42)37-38-39)47-36(23)27-11-4-5-12-28(27)40(34(36)44)20-24-9-8-10-26(19-24)41-29-13-6-7-14-30(29)46-22-32(41)43/h4-14,19,21,23,31,33,42,45H,15-18,20,22H2,1-3H3/t23-,31+,33-,36+/m1/s1. The summed E-state index contributed by atoms with van der Waals surface area (Å²) in [4.78, 5) is 31.2. The number of aryl methyl sites for hydroxylation is 1. The normalized spacial score (nSPS) is 23.7. The molecule has 3 aliphatic heterocycles. The van der Waals surface area contributed by atoms with Crippen LogP contribution in [0, 0.1) is 11.8 Å². The Morgan fingerprint density at radius 1 is 1.02 bits per heavy atom. The highest BCUT2D eigenvalue weighted by Gasteiger charge is 2.65. The van der Waals surface area contributed by atoms with Gasteiger partial charge in [-0.15, -0.1) is 5.10 Å². The Morgan fingerprint density at radius 2 is 1.79 bits per heavy atom. The summed E-state index contributed by atoms with van der Waals surface area (Å²) in [6.07, 6.45) is 2.29. The third kappa shape index (κ3) is 5.28. The predicted molar refractivity (Wildman–Crippen MR) is 174 cm³/mol. The van der Waals surface area contributed by atoms with Crippen LogP contribution in [-0.4, -0.2) is 61.9 Å². The Hall–Kier alpha value is -4.58. The molecule has 47 heavy (non-hydrogen) atoms. The van der Waals surface area contributed by atoms with Crippen molar-refractivity contribution in [2.24, 2.45) is 11.8 Å². The molecule has 0 aliphatic carbocycles. The van der Waals surface area contributed by atoms with E-state index in [1.165, 1.54) is 0 Å². The van der Waals surface area contributed by atoms with Crippen molar-refractivity contribution in [1.82, 2.24) is 15.0 Å². The molecule has 1 fully saturated rings. The number of aromatic nitrogens is 3. The van der Waals surface area contributed by atoms with Gasteiger partial charge in [-0.2, -0.15) is 0 Å². The van der Waals surface area contributed by atoms with E-state index >= 15 is 0 Å². The van der Waals surface area contributed by atoms with Crippen LogP contribution in [0.5, 0.6) is 5.75 Å². The number of hydrogen-bond acceptors (Lipinski definition) is 8. The minimum atomic E-state index is -1.28. The number of aliphatic hydroxyl groups is 2. The topological polar surface area (TPSA) is 130 Å². The lowest BCUT2D eigenvalue weighted by atomic mass is 9.71. The zero-order chi connectivity index (χ0) is 32.9. The first-order valence-electron chi connectivity index (χ1n) is 16.1. The number of aliphatic hydroxyl groups excluding tert-OH is 1. The maximum atomic E-state index is 14.8. The lowest BCUT2D eigenvalue weighted by Crippen LogP contribution is -2.46. The van der Waals surface area contributed by atoms with Gasteiger partial charge < -0.3 is 24.6 Å². The van der Waals surface area contributed by atoms with Gasteiger partial charge in [0, 0.05) is 48.9 Å². The fourth-order valence-corrected chi connectivity index (χ4v) is 7.76. The molecule has 1 aromatic heterocycles. The molecular weight excluding hydrogens is 598 g/mol. The molecule has 4 atom stereocenters. The average molecular weight is 638 g/mol. The second-order valence-electron chi connectivity index (χ2n) is 13.2. The van der Waals surface area contributed by atoms with Crippen LogP contribution >= 0.6 is 0 Å². The maximum absolute atomic E-state index is 14.8. The number of anilines is 3. The van der Waals surface area contributed by atoms with Gasteiger partial charge >= 0.3 is 0 Å². The summed E-state index contributed by atoms with van der Waals surface area (Å²) >= 11 is 0. The molecule has 1 saturated heterocycles. The quantitative estimate of drug-likeness (QED) is 0.280. The van der Waals surface area contributed by atoms with Crippen LogP contribution < -0.4 is 14.5 Å². The molecule has 244 valence electrons. The number of fused-ring (bicyclic) bond motifs is 3. The first-order chi connectivity index (χ1) is 22.6. The molecule has 4 aromatic rings. The summed E-state index contributed by atoms with van der Waals surface area (Å²) in [7, 11) is 0. The Bertz CT molecular complexity index is 1820. The maximum Gasteiger partial charge on any atom is 0.269 e. The second-order valence-corrected chi connectivity index (χ2v) is 13.2. The van der Waals surface area contributed by atoms with E-state index in [-0.39, 0.29) is 43.4 Å². The number of nitrogens with zero attached hydrogens (tertiary/aromatic N) is 5. The van der Waals surface area contributed by atoms with Gasteiger partial charge in [-0.25, -0.2) is 0 Å². The highest BCUT2D eigenvalue weighted by atomic mass is 16.5. The van der Waals surface area contributed by atoms with Crippen molar-refractivity contribution in [1.29, 1.82) is 0 Å². The number of benzene rings is 3. The van der Waals surface area contributed by atoms with Crippen molar-refractivity contribution >= 4 is 28.9 Å². The zero-order valence-electron chi connectivity index (χ0n) is 26.7. The van der Waals surface area contributed by atoms with Crippen molar-refractivity contribution in [3.05, 3.63) is 95.8 Å². The van der Waals surface area contributed by atoms with Crippen LogP contribution in [0.4, 0.5) is 17.1 Å². The number of carbonyl (C=O) groups excluding carboxylic acids is 2. The molecule has 0 bridgehead atoms. The molecular formula is C36H39N5O6. The highest BCUT2D eigenvalue weighted by molar-refractivity contribution is 6.08. The van der Waals surface area contributed by atoms with Crippen LogP contribution in [-0.2, 0) is 39.4 Å². The van der Waals surface area contributed by atoms with E-state index in [9.17, 15) is 19.8 Å². The van der Waals surface area contributed by atoms with Gasteiger partial charge in [0.05, 0.1) is 35.3 Å². The number of hydrogen-bond donors (Lipinski definition) is 2. The molecule has 3 aliphatic rings. The van der Waals surface area contributed by atoms with Gasteiger partial charge in [0.15, 0.2) is 12.2 Å². The van der Waals surface area contributed by atoms with Crippen LogP contribution in [0.15, 0.2) is 79.0 Å². The fraction of sp³-hybridized carbons (Fsp3) is 0.389. The first-order valence-corrected chi connectivity index (χ1v) is 16.1. The molecule has 3 aromatic carbocycles. The molecule has 11 heteroatoms. The highest BCUT2D eigenvalue weighted by Crippen LogP contribution is 2.58. The Balaban J connectivity index is 1.20. The monoisotopic (exact) mass is 637 g/mol. The van der Waals surface area contributed by atoms with E-state index in [1.807, 2.05) is 79.7 Å². The lowest BCUT2D eigenvalue weighted by Gasteiger charge is -2.34. The van der Waals surface area contributed by atoms with E-state index in [4.69, 9.17) is 9.47 Å². The van der Waals surface area contributed by atoms with Crippen LogP contribution in [0.1, 0.15) is 44.0 Å². The number of carbonyl (C=O) groups is 2. The average Bonchev–Trinajstić information content (AvgIpc) is 3.70. The number of amides is 2. The Morgan fingerprint density at radius 3 is 2.57 bits per heavy atom. The summed E-state index contributed by atoms with van der Waals surface area (Å²) in [6, 6.07) is 22.8. The summed E-state index contributed by atoms with van der Waals surface area (Å²) in [5.74, 6) is -0.404. The van der Waals surface area contributed by atoms with Crippen molar-refractivity contribution in [2.45, 2.75) is 64.0 Å². The number of ether oxygens (including phenoxy) is 2. The van der Waals surface area contributed by atoms with Crippen molar-refractivity contribution < 1.29 is 29.3 Å². The van der Waals surface area contributed by atoms with Gasteiger partial charge in [0.1, 0.15) is 5.75 Å². The van der Waals surface area contributed by atoms with E-state index < -0.39 is 17.3 Å². The van der Waals surface area contributed by atoms with E-state index in [0.29, 0.717) is 42.2 Å². The third-order valence-electron chi connectivity index (χ3n) is 9.70. The number of rotatable bonds is 9. The lowest BCUT2D eigenvalue weighted by molar-refractivity contribution is -0.146. The van der Waals surface area contributed by atoms with Crippen molar-refractivity contribution in [3.63, 3.8) is 0 Å². The number of para-hydroxylation sites is 3. The molecule has 11 nitrogen and oxygen atoms in total. The van der Waals surface area contributed by atoms with E-state index in [0.717, 1.165) is 16.8 Å². The Kier molecular flexibility index (Phi) is 7.86. The van der Waals surface area contributed by atoms with Gasteiger partial charge in [0.2, 0.25) is 0 Å². The van der Waals surface area contributed by atoms with Crippen LogP contribution in [0.3, 0.4) is 0 Å². The molecule has 0 unspecified atom stereocenters. The summed E-state index contributed by atoms with van der Waals surface area (Å²) < 4.78 is 14.3.